The maximum Gasteiger partial charge on any atom is 0.387 e. The molecular formula is C22H23ClF2N2O5. The summed E-state index contributed by atoms with van der Waals surface area (Å²) in [7, 11) is 0. The van der Waals surface area contributed by atoms with Crippen LogP contribution in [0.3, 0.4) is 0 Å². The van der Waals surface area contributed by atoms with Gasteiger partial charge in [0.1, 0.15) is 11.8 Å². The fourth-order valence-electron chi connectivity index (χ4n) is 2.70. The number of nitrogens with one attached hydrogen (secondary N) is 2. The summed E-state index contributed by atoms with van der Waals surface area (Å²) < 4.78 is 33.8. The molecule has 0 aliphatic carbocycles. The summed E-state index contributed by atoms with van der Waals surface area (Å²) in [4.78, 5) is 37.0. The highest BCUT2D eigenvalue weighted by atomic mass is 35.5. The number of hydrogen-bond donors (Lipinski definition) is 2. The fraction of sp³-hybridized carbons (Fsp3) is 0.318. The fourth-order valence-corrected chi connectivity index (χ4v) is 2.93. The van der Waals surface area contributed by atoms with Crippen molar-refractivity contribution in [3.63, 3.8) is 0 Å². The van der Waals surface area contributed by atoms with Crippen LogP contribution in [-0.4, -0.2) is 37.0 Å². The third-order valence-electron chi connectivity index (χ3n) is 4.26. The minimum absolute atomic E-state index is 0.126. The lowest BCUT2D eigenvalue weighted by molar-refractivity contribution is -0.150. The topological polar surface area (TPSA) is 93.7 Å². The van der Waals surface area contributed by atoms with Gasteiger partial charge in [0.15, 0.2) is 6.61 Å². The number of benzene rings is 2. The Morgan fingerprint density at radius 1 is 1.09 bits per heavy atom. The molecule has 2 aromatic rings. The van der Waals surface area contributed by atoms with Crippen molar-refractivity contribution >= 4 is 35.1 Å². The number of alkyl halides is 2. The molecule has 0 fully saturated rings. The summed E-state index contributed by atoms with van der Waals surface area (Å²) in [6.45, 7) is 1.65. The predicted octanol–water partition coefficient (Wildman–Crippen LogP) is 4.19. The van der Waals surface area contributed by atoms with E-state index in [9.17, 15) is 23.2 Å². The maximum absolute atomic E-state index is 12.5. The summed E-state index contributed by atoms with van der Waals surface area (Å²) in [5.41, 5.74) is 1.50. The second-order valence-corrected chi connectivity index (χ2v) is 7.65. The van der Waals surface area contributed by atoms with E-state index < -0.39 is 37.0 Å². The second kappa shape index (κ2) is 11.4. The van der Waals surface area contributed by atoms with Gasteiger partial charge in [-0.25, -0.2) is 4.79 Å². The highest BCUT2D eigenvalue weighted by molar-refractivity contribution is 6.32. The third-order valence-corrected chi connectivity index (χ3v) is 4.56. The van der Waals surface area contributed by atoms with Gasteiger partial charge < -0.3 is 20.1 Å². The molecule has 0 aliphatic heterocycles. The van der Waals surface area contributed by atoms with Crippen LogP contribution < -0.4 is 15.4 Å². The van der Waals surface area contributed by atoms with Crippen molar-refractivity contribution < 1.29 is 32.6 Å². The molecule has 1 atom stereocenters. The number of ether oxygens (including phenoxy) is 2. The van der Waals surface area contributed by atoms with Crippen molar-refractivity contribution in [3.8, 4) is 5.75 Å². The molecule has 0 bridgehead atoms. The van der Waals surface area contributed by atoms with Crippen LogP contribution in [0.5, 0.6) is 5.75 Å². The summed E-state index contributed by atoms with van der Waals surface area (Å²) in [6, 6.07) is 9.63. The zero-order valence-corrected chi connectivity index (χ0v) is 18.4. The molecule has 2 amide bonds. The molecule has 0 spiro atoms. The molecular weight excluding hydrogens is 446 g/mol. The standard InChI is InChI=1S/C22H23ClF2N2O5/c1-12(2)19(27-20(29)14-6-4-5-13(3)9-14)21(30)31-11-18(28)26-15-7-8-17(16(23)10-15)32-22(24)25/h4-10,12,19,22H,11H2,1-3H3,(H,26,28)(H,27,29)/t19-/m0/s1. The van der Waals surface area contributed by atoms with Gasteiger partial charge in [-0.05, 0) is 43.2 Å². The van der Waals surface area contributed by atoms with Crippen molar-refractivity contribution in [2.45, 2.75) is 33.4 Å². The number of anilines is 1. The van der Waals surface area contributed by atoms with Crippen LogP contribution in [0.15, 0.2) is 42.5 Å². The van der Waals surface area contributed by atoms with Crippen molar-refractivity contribution in [2.24, 2.45) is 5.92 Å². The molecule has 10 heteroatoms. The number of hydrogen-bond acceptors (Lipinski definition) is 5. The van der Waals surface area contributed by atoms with Crippen molar-refractivity contribution in [3.05, 3.63) is 58.6 Å². The number of rotatable bonds is 9. The average Bonchev–Trinajstić information content (AvgIpc) is 2.71. The molecule has 32 heavy (non-hydrogen) atoms. The van der Waals surface area contributed by atoms with E-state index >= 15 is 0 Å². The van der Waals surface area contributed by atoms with Gasteiger partial charge >= 0.3 is 12.6 Å². The van der Waals surface area contributed by atoms with Crippen molar-refractivity contribution in [1.29, 1.82) is 0 Å². The molecule has 0 radical (unpaired) electrons. The lowest BCUT2D eigenvalue weighted by Crippen LogP contribution is -2.46. The van der Waals surface area contributed by atoms with E-state index in [0.717, 1.165) is 5.56 Å². The van der Waals surface area contributed by atoms with Gasteiger partial charge in [0.05, 0.1) is 5.02 Å². The number of aryl methyl sites for hydroxylation is 1. The zero-order chi connectivity index (χ0) is 23.8. The lowest BCUT2D eigenvalue weighted by Gasteiger charge is -2.21. The Hall–Kier alpha value is -3.20. The number of halogens is 3. The van der Waals surface area contributed by atoms with Gasteiger partial charge in [-0.15, -0.1) is 0 Å². The van der Waals surface area contributed by atoms with Gasteiger partial charge in [-0.2, -0.15) is 8.78 Å². The number of carbonyl (C=O) groups is 3. The Balaban J connectivity index is 1.93. The highest BCUT2D eigenvalue weighted by Crippen LogP contribution is 2.28. The van der Waals surface area contributed by atoms with Crippen LogP contribution in [0.1, 0.15) is 29.8 Å². The van der Waals surface area contributed by atoms with Crippen molar-refractivity contribution in [1.82, 2.24) is 5.32 Å². The van der Waals surface area contributed by atoms with Crippen molar-refractivity contribution in [2.75, 3.05) is 11.9 Å². The molecule has 2 N–H and O–H groups in total. The monoisotopic (exact) mass is 468 g/mol. The lowest BCUT2D eigenvalue weighted by atomic mass is 10.0. The summed E-state index contributed by atoms with van der Waals surface area (Å²) in [6.07, 6.45) is 0. The highest BCUT2D eigenvalue weighted by Gasteiger charge is 2.27. The van der Waals surface area contributed by atoms with E-state index in [1.54, 1.807) is 32.0 Å². The van der Waals surface area contributed by atoms with Crippen LogP contribution in [0.2, 0.25) is 5.02 Å². The first kappa shape index (κ1) is 25.1. The van der Waals surface area contributed by atoms with E-state index in [0.29, 0.717) is 5.56 Å². The Kier molecular flexibility index (Phi) is 8.95. The van der Waals surface area contributed by atoms with Crippen LogP contribution in [0.25, 0.3) is 0 Å². The van der Waals surface area contributed by atoms with E-state index in [1.165, 1.54) is 18.2 Å². The minimum Gasteiger partial charge on any atom is -0.454 e. The predicted molar refractivity (Wildman–Crippen MR) is 115 cm³/mol. The smallest absolute Gasteiger partial charge is 0.387 e. The molecule has 2 aromatic carbocycles. The first-order valence-electron chi connectivity index (χ1n) is 9.65. The van der Waals surface area contributed by atoms with Gasteiger partial charge in [-0.1, -0.05) is 43.1 Å². The van der Waals surface area contributed by atoms with Crippen LogP contribution in [0, 0.1) is 12.8 Å². The Labute approximate surface area is 189 Å². The minimum atomic E-state index is -3.03. The number of esters is 1. The summed E-state index contributed by atoms with van der Waals surface area (Å²) >= 11 is 5.83. The molecule has 2 rings (SSSR count). The van der Waals surface area contributed by atoms with E-state index in [1.807, 2.05) is 13.0 Å². The zero-order valence-electron chi connectivity index (χ0n) is 17.7. The maximum atomic E-state index is 12.5. The Morgan fingerprint density at radius 2 is 1.81 bits per heavy atom. The third kappa shape index (κ3) is 7.49. The number of amides is 2. The van der Waals surface area contributed by atoms with Gasteiger partial charge in [0.25, 0.3) is 11.8 Å². The molecule has 172 valence electrons. The molecule has 0 aliphatic rings. The largest absolute Gasteiger partial charge is 0.454 e. The van der Waals surface area contributed by atoms with Crippen LogP contribution in [0.4, 0.5) is 14.5 Å². The quantitative estimate of drug-likeness (QED) is 0.538. The van der Waals surface area contributed by atoms with Gasteiger partial charge in [-0.3, -0.25) is 9.59 Å². The van der Waals surface area contributed by atoms with E-state index in [-0.39, 0.29) is 22.4 Å². The van der Waals surface area contributed by atoms with Crippen LogP contribution >= 0.6 is 11.6 Å². The molecule has 0 saturated heterocycles. The first-order valence-corrected chi connectivity index (χ1v) is 10.0. The average molecular weight is 469 g/mol. The van der Waals surface area contributed by atoms with Crippen LogP contribution in [-0.2, 0) is 14.3 Å². The van der Waals surface area contributed by atoms with E-state index in [4.69, 9.17) is 16.3 Å². The van der Waals surface area contributed by atoms with Gasteiger partial charge in [0.2, 0.25) is 0 Å². The SMILES string of the molecule is Cc1cccc(C(=O)N[C@H](C(=O)OCC(=O)Nc2ccc(OC(F)F)c(Cl)c2)C(C)C)c1. The second-order valence-electron chi connectivity index (χ2n) is 7.24. The molecule has 0 heterocycles. The molecule has 0 unspecified atom stereocenters. The Morgan fingerprint density at radius 3 is 2.41 bits per heavy atom. The van der Waals surface area contributed by atoms with Gasteiger partial charge in [0, 0.05) is 11.3 Å². The first-order chi connectivity index (χ1) is 15.1. The molecule has 0 saturated carbocycles. The molecule has 0 aromatic heterocycles. The van der Waals surface area contributed by atoms with E-state index in [2.05, 4.69) is 15.4 Å². The normalized spacial score (nSPS) is 11.8. The summed E-state index contributed by atoms with van der Waals surface area (Å²) in [5.74, 6) is -2.41. The number of carbonyl (C=O) groups excluding carboxylic acids is 3. The summed E-state index contributed by atoms with van der Waals surface area (Å²) in [5, 5.41) is 4.93. The Bertz CT molecular complexity index is 985. The molecule has 7 nitrogen and oxygen atoms in total.